The Hall–Kier alpha value is -4.11. The van der Waals surface area contributed by atoms with E-state index in [-0.39, 0.29) is 35.7 Å². The number of benzene rings is 3. The first-order valence-electron chi connectivity index (χ1n) is 10.3. The first-order chi connectivity index (χ1) is 15.8. The average Bonchev–Trinajstić information content (AvgIpc) is 2.79. The summed E-state index contributed by atoms with van der Waals surface area (Å²) in [7, 11) is 0. The fraction of sp³-hybridized carbons (Fsp3) is 0.167. The van der Waals surface area contributed by atoms with Gasteiger partial charge in [-0.2, -0.15) is 15.0 Å². The van der Waals surface area contributed by atoms with E-state index in [1.54, 1.807) is 6.07 Å². The summed E-state index contributed by atoms with van der Waals surface area (Å²) in [6, 6.07) is 17.2. The van der Waals surface area contributed by atoms with Crippen molar-refractivity contribution in [3.8, 4) is 11.4 Å². The van der Waals surface area contributed by atoms with Gasteiger partial charge in [0.15, 0.2) is 5.82 Å². The topological polar surface area (TPSA) is 140 Å². The standard InChI is InChI=1S/C24H23FN6O2/c1-13(15-7-6-14-4-2-3-5-16(14)10-15)28-24-30-21(29-23(27)31-24)18-9-8-17(19(25)11-18)12-20(26)22(32)33/h2-11,13,20H,12,26H2,1H3,(H,32,33)(H3,27,28,29,30,31)/t13-,20?/m1/s1. The second-order valence-corrected chi connectivity index (χ2v) is 7.77. The molecule has 1 heterocycles. The summed E-state index contributed by atoms with van der Waals surface area (Å²) in [4.78, 5) is 23.6. The molecule has 0 spiro atoms. The Kier molecular flexibility index (Phi) is 6.14. The van der Waals surface area contributed by atoms with E-state index >= 15 is 0 Å². The van der Waals surface area contributed by atoms with Crippen LogP contribution >= 0.6 is 0 Å². The maximum Gasteiger partial charge on any atom is 0.320 e. The molecule has 0 fully saturated rings. The summed E-state index contributed by atoms with van der Waals surface area (Å²) < 4.78 is 14.6. The molecule has 0 saturated heterocycles. The lowest BCUT2D eigenvalue weighted by Crippen LogP contribution is -2.32. The molecular formula is C24H23FN6O2. The van der Waals surface area contributed by atoms with Crippen molar-refractivity contribution in [1.82, 2.24) is 15.0 Å². The highest BCUT2D eigenvalue weighted by Gasteiger charge is 2.17. The van der Waals surface area contributed by atoms with E-state index in [9.17, 15) is 9.18 Å². The van der Waals surface area contributed by atoms with Gasteiger partial charge < -0.3 is 21.9 Å². The van der Waals surface area contributed by atoms with Crippen LogP contribution in [0, 0.1) is 5.82 Å². The van der Waals surface area contributed by atoms with Gasteiger partial charge in [-0.05, 0) is 41.0 Å². The molecule has 0 amide bonds. The van der Waals surface area contributed by atoms with Crippen LogP contribution in [-0.4, -0.2) is 32.1 Å². The van der Waals surface area contributed by atoms with Crippen LogP contribution in [-0.2, 0) is 11.2 Å². The largest absolute Gasteiger partial charge is 0.480 e. The van der Waals surface area contributed by atoms with Crippen LogP contribution in [0.25, 0.3) is 22.2 Å². The molecule has 3 aromatic carbocycles. The number of hydrogen-bond donors (Lipinski definition) is 4. The van der Waals surface area contributed by atoms with Gasteiger partial charge in [-0.1, -0.05) is 48.5 Å². The van der Waals surface area contributed by atoms with Gasteiger partial charge in [-0.15, -0.1) is 0 Å². The number of carbonyl (C=O) groups is 1. The monoisotopic (exact) mass is 446 g/mol. The van der Waals surface area contributed by atoms with Crippen LogP contribution in [0.1, 0.15) is 24.1 Å². The quantitative estimate of drug-likeness (QED) is 0.338. The molecule has 6 N–H and O–H groups in total. The van der Waals surface area contributed by atoms with Gasteiger partial charge in [0.1, 0.15) is 11.9 Å². The SMILES string of the molecule is C[C@@H](Nc1nc(N)nc(-c2ccc(CC(N)C(=O)O)c(F)c2)n1)c1ccc2ccccc2c1. The van der Waals surface area contributed by atoms with E-state index in [2.05, 4.69) is 38.5 Å². The predicted molar refractivity (Wildman–Crippen MR) is 125 cm³/mol. The minimum absolute atomic E-state index is 0.00871. The van der Waals surface area contributed by atoms with Gasteiger partial charge in [0, 0.05) is 12.0 Å². The number of hydrogen-bond acceptors (Lipinski definition) is 7. The Labute approximate surface area is 189 Å². The summed E-state index contributed by atoms with van der Waals surface area (Å²) >= 11 is 0. The number of aromatic nitrogens is 3. The van der Waals surface area contributed by atoms with Crippen molar-refractivity contribution in [2.75, 3.05) is 11.1 Å². The fourth-order valence-corrected chi connectivity index (χ4v) is 3.52. The number of carboxylic acids is 1. The van der Waals surface area contributed by atoms with E-state index in [4.69, 9.17) is 16.6 Å². The molecule has 0 aliphatic heterocycles. The summed E-state index contributed by atoms with van der Waals surface area (Å²) in [5.41, 5.74) is 13.0. The van der Waals surface area contributed by atoms with Gasteiger partial charge in [-0.3, -0.25) is 4.79 Å². The maximum absolute atomic E-state index is 14.6. The normalized spacial score (nSPS) is 12.9. The number of anilines is 2. The summed E-state index contributed by atoms with van der Waals surface area (Å²) in [5, 5.41) is 14.4. The van der Waals surface area contributed by atoms with Crippen LogP contribution in [0.4, 0.5) is 16.3 Å². The number of carboxylic acid groups (broad SMARTS) is 1. The maximum atomic E-state index is 14.6. The lowest BCUT2D eigenvalue weighted by Gasteiger charge is -2.16. The van der Waals surface area contributed by atoms with Crippen molar-refractivity contribution < 1.29 is 14.3 Å². The molecule has 9 heteroatoms. The Morgan fingerprint density at radius 1 is 1.06 bits per heavy atom. The number of nitrogens with two attached hydrogens (primary N) is 2. The highest BCUT2D eigenvalue weighted by Crippen LogP contribution is 2.25. The molecule has 0 saturated carbocycles. The Balaban J connectivity index is 1.57. The third kappa shape index (κ3) is 5.04. The molecule has 168 valence electrons. The number of halogens is 1. The van der Waals surface area contributed by atoms with Gasteiger partial charge >= 0.3 is 5.97 Å². The molecule has 4 aromatic rings. The average molecular weight is 446 g/mol. The van der Waals surface area contributed by atoms with Crippen LogP contribution in [0.5, 0.6) is 0 Å². The Morgan fingerprint density at radius 3 is 2.55 bits per heavy atom. The Morgan fingerprint density at radius 2 is 1.82 bits per heavy atom. The zero-order chi connectivity index (χ0) is 23.5. The van der Waals surface area contributed by atoms with E-state index in [1.165, 1.54) is 12.1 Å². The van der Waals surface area contributed by atoms with Crippen LogP contribution < -0.4 is 16.8 Å². The van der Waals surface area contributed by atoms with E-state index in [0.717, 1.165) is 16.3 Å². The van der Waals surface area contributed by atoms with Crippen molar-refractivity contribution in [2.24, 2.45) is 5.73 Å². The minimum Gasteiger partial charge on any atom is -0.480 e. The molecule has 0 aliphatic rings. The van der Waals surface area contributed by atoms with E-state index < -0.39 is 17.8 Å². The van der Waals surface area contributed by atoms with E-state index in [1.807, 2.05) is 31.2 Å². The van der Waals surface area contributed by atoms with Crippen LogP contribution in [0.2, 0.25) is 0 Å². The molecule has 33 heavy (non-hydrogen) atoms. The summed E-state index contributed by atoms with van der Waals surface area (Å²) in [6.45, 7) is 1.98. The number of aliphatic carboxylic acids is 1. The van der Waals surface area contributed by atoms with Gasteiger partial charge in [-0.25, -0.2) is 4.39 Å². The lowest BCUT2D eigenvalue weighted by molar-refractivity contribution is -0.138. The van der Waals surface area contributed by atoms with Gasteiger partial charge in [0.2, 0.25) is 11.9 Å². The number of rotatable bonds is 7. The summed E-state index contributed by atoms with van der Waals surface area (Å²) in [6.07, 6.45) is -0.128. The number of nitrogens with one attached hydrogen (secondary N) is 1. The molecular weight excluding hydrogens is 423 g/mol. The molecule has 1 aromatic heterocycles. The van der Waals surface area contributed by atoms with Crippen LogP contribution in [0.3, 0.4) is 0 Å². The van der Waals surface area contributed by atoms with Crippen molar-refractivity contribution in [3.63, 3.8) is 0 Å². The smallest absolute Gasteiger partial charge is 0.320 e. The molecule has 0 bridgehead atoms. The molecule has 4 rings (SSSR count). The molecule has 0 radical (unpaired) electrons. The molecule has 0 aliphatic carbocycles. The molecule has 1 unspecified atom stereocenters. The van der Waals surface area contributed by atoms with E-state index in [0.29, 0.717) is 5.56 Å². The third-order valence-electron chi connectivity index (χ3n) is 5.34. The first kappa shape index (κ1) is 22.1. The fourth-order valence-electron chi connectivity index (χ4n) is 3.52. The number of nitrogen functional groups attached to an aromatic ring is 1. The first-order valence-corrected chi connectivity index (χ1v) is 10.3. The van der Waals surface area contributed by atoms with Gasteiger partial charge in [0.05, 0.1) is 6.04 Å². The predicted octanol–water partition coefficient (Wildman–Crippen LogP) is 3.54. The highest BCUT2D eigenvalue weighted by atomic mass is 19.1. The third-order valence-corrected chi connectivity index (χ3v) is 5.34. The molecule has 2 atom stereocenters. The highest BCUT2D eigenvalue weighted by molar-refractivity contribution is 5.83. The lowest BCUT2D eigenvalue weighted by atomic mass is 10.0. The summed E-state index contributed by atoms with van der Waals surface area (Å²) in [5.74, 6) is -1.34. The molecule has 8 nitrogen and oxygen atoms in total. The van der Waals surface area contributed by atoms with Crippen molar-refractivity contribution >= 4 is 28.6 Å². The minimum atomic E-state index is -1.19. The Bertz CT molecular complexity index is 1330. The van der Waals surface area contributed by atoms with Crippen molar-refractivity contribution in [2.45, 2.75) is 25.4 Å². The van der Waals surface area contributed by atoms with Crippen molar-refractivity contribution in [1.29, 1.82) is 0 Å². The second kappa shape index (κ2) is 9.17. The van der Waals surface area contributed by atoms with Crippen molar-refractivity contribution in [3.05, 3.63) is 77.6 Å². The zero-order valence-electron chi connectivity index (χ0n) is 17.9. The zero-order valence-corrected chi connectivity index (χ0v) is 17.9. The van der Waals surface area contributed by atoms with Gasteiger partial charge in [0.25, 0.3) is 0 Å². The number of nitrogens with zero attached hydrogens (tertiary/aromatic N) is 3. The number of fused-ring (bicyclic) bond motifs is 1. The second-order valence-electron chi connectivity index (χ2n) is 7.77. The van der Waals surface area contributed by atoms with Crippen LogP contribution in [0.15, 0.2) is 60.7 Å².